The van der Waals surface area contributed by atoms with Gasteiger partial charge in [-0.15, -0.1) is 11.8 Å². The first-order chi connectivity index (χ1) is 10.00. The van der Waals surface area contributed by atoms with Crippen molar-refractivity contribution in [2.24, 2.45) is 0 Å². The van der Waals surface area contributed by atoms with E-state index >= 15 is 0 Å². The van der Waals surface area contributed by atoms with Gasteiger partial charge in [-0.1, -0.05) is 0 Å². The SMILES string of the molecule is COC1CCCC1NS(=O)(=O)CCSc1ccc(N)cc1. The van der Waals surface area contributed by atoms with Crippen molar-refractivity contribution in [3.8, 4) is 0 Å². The molecule has 1 aliphatic rings. The number of hydrogen-bond donors (Lipinski definition) is 2. The summed E-state index contributed by atoms with van der Waals surface area (Å²) < 4.78 is 32.3. The van der Waals surface area contributed by atoms with Crippen molar-refractivity contribution >= 4 is 27.5 Å². The average Bonchev–Trinajstić information content (AvgIpc) is 2.87. The molecule has 0 bridgehead atoms. The minimum absolute atomic E-state index is 0.00419. The highest BCUT2D eigenvalue weighted by molar-refractivity contribution is 8.00. The molecule has 1 aromatic rings. The van der Waals surface area contributed by atoms with Gasteiger partial charge in [-0.05, 0) is 43.5 Å². The highest BCUT2D eigenvalue weighted by atomic mass is 32.2. The summed E-state index contributed by atoms with van der Waals surface area (Å²) in [6, 6.07) is 7.35. The van der Waals surface area contributed by atoms with Gasteiger partial charge in [0.2, 0.25) is 10.0 Å². The standard InChI is InChI=1S/C14H22N2O3S2/c1-19-14-4-2-3-13(14)16-21(17,18)10-9-20-12-7-5-11(15)6-8-12/h5-8,13-14,16H,2-4,9-10,15H2,1H3. The second-order valence-electron chi connectivity index (χ2n) is 5.17. The van der Waals surface area contributed by atoms with Crippen molar-refractivity contribution in [2.75, 3.05) is 24.3 Å². The Balaban J connectivity index is 1.80. The number of thioether (sulfide) groups is 1. The fourth-order valence-electron chi connectivity index (χ4n) is 2.47. The van der Waals surface area contributed by atoms with Crippen LogP contribution in [-0.4, -0.2) is 39.2 Å². The summed E-state index contributed by atoms with van der Waals surface area (Å²) in [7, 11) is -1.63. The molecule has 0 aromatic heterocycles. The predicted molar refractivity (Wildman–Crippen MR) is 86.9 cm³/mol. The van der Waals surface area contributed by atoms with E-state index in [1.807, 2.05) is 24.3 Å². The molecule has 2 unspecified atom stereocenters. The Labute approximate surface area is 130 Å². The number of anilines is 1. The highest BCUT2D eigenvalue weighted by Crippen LogP contribution is 2.23. The molecule has 1 aliphatic carbocycles. The van der Waals surface area contributed by atoms with Gasteiger partial charge in [0.25, 0.3) is 0 Å². The van der Waals surface area contributed by atoms with Crippen molar-refractivity contribution in [3.63, 3.8) is 0 Å². The number of nitrogens with two attached hydrogens (primary N) is 1. The average molecular weight is 330 g/mol. The van der Waals surface area contributed by atoms with Crippen molar-refractivity contribution in [3.05, 3.63) is 24.3 Å². The van der Waals surface area contributed by atoms with Gasteiger partial charge in [-0.25, -0.2) is 13.1 Å². The zero-order valence-corrected chi connectivity index (χ0v) is 13.8. The molecule has 7 heteroatoms. The Hall–Kier alpha value is -0.760. The van der Waals surface area contributed by atoms with Crippen molar-refractivity contribution in [2.45, 2.75) is 36.3 Å². The molecular formula is C14H22N2O3S2. The zero-order valence-electron chi connectivity index (χ0n) is 12.1. The largest absolute Gasteiger partial charge is 0.399 e. The molecule has 3 N–H and O–H groups in total. The lowest BCUT2D eigenvalue weighted by Crippen LogP contribution is -2.42. The summed E-state index contributed by atoms with van der Waals surface area (Å²) in [6.07, 6.45) is 2.78. The summed E-state index contributed by atoms with van der Waals surface area (Å²) in [6.45, 7) is 0. The Morgan fingerprint density at radius 2 is 2.05 bits per heavy atom. The van der Waals surface area contributed by atoms with E-state index in [2.05, 4.69) is 4.72 Å². The number of ether oxygens (including phenoxy) is 1. The van der Waals surface area contributed by atoms with Gasteiger partial charge in [0, 0.05) is 29.5 Å². The van der Waals surface area contributed by atoms with Gasteiger partial charge >= 0.3 is 0 Å². The molecule has 2 atom stereocenters. The fourth-order valence-corrected chi connectivity index (χ4v) is 5.09. The quantitative estimate of drug-likeness (QED) is 0.589. The second kappa shape index (κ2) is 7.49. The molecule has 1 fully saturated rings. The molecule has 118 valence electrons. The molecule has 21 heavy (non-hydrogen) atoms. The van der Waals surface area contributed by atoms with Crippen molar-refractivity contribution in [1.29, 1.82) is 0 Å². The highest BCUT2D eigenvalue weighted by Gasteiger charge is 2.30. The Bertz CT molecular complexity index is 546. The van der Waals surface area contributed by atoms with Gasteiger partial charge < -0.3 is 10.5 Å². The normalized spacial score (nSPS) is 22.5. The van der Waals surface area contributed by atoms with E-state index in [1.54, 1.807) is 7.11 Å². The zero-order chi connectivity index (χ0) is 15.3. The first kappa shape index (κ1) is 16.6. The van der Waals surface area contributed by atoms with Crippen LogP contribution in [0.1, 0.15) is 19.3 Å². The Morgan fingerprint density at radius 3 is 2.71 bits per heavy atom. The van der Waals surface area contributed by atoms with E-state index in [4.69, 9.17) is 10.5 Å². The summed E-state index contributed by atoms with van der Waals surface area (Å²) >= 11 is 1.51. The monoisotopic (exact) mass is 330 g/mol. The molecular weight excluding hydrogens is 308 g/mol. The van der Waals surface area contributed by atoms with Crippen LogP contribution in [0, 0.1) is 0 Å². The Morgan fingerprint density at radius 1 is 1.33 bits per heavy atom. The van der Waals surface area contributed by atoms with Crippen LogP contribution >= 0.6 is 11.8 Å². The Kier molecular flexibility index (Phi) is 5.92. The molecule has 0 amide bonds. The number of methoxy groups -OCH3 is 1. The lowest BCUT2D eigenvalue weighted by Gasteiger charge is -2.19. The smallest absolute Gasteiger partial charge is 0.212 e. The molecule has 0 heterocycles. The van der Waals surface area contributed by atoms with E-state index in [0.717, 1.165) is 24.2 Å². The molecule has 5 nitrogen and oxygen atoms in total. The number of nitrogen functional groups attached to an aromatic ring is 1. The fraction of sp³-hybridized carbons (Fsp3) is 0.571. The van der Waals surface area contributed by atoms with Crippen molar-refractivity contribution < 1.29 is 13.2 Å². The maximum absolute atomic E-state index is 12.1. The van der Waals surface area contributed by atoms with Crippen LogP contribution in [0.5, 0.6) is 0 Å². The van der Waals surface area contributed by atoms with E-state index in [-0.39, 0.29) is 17.9 Å². The minimum atomic E-state index is -3.26. The second-order valence-corrected chi connectivity index (χ2v) is 8.21. The summed E-state index contributed by atoms with van der Waals surface area (Å²) in [5, 5.41) is 0. The van der Waals surface area contributed by atoms with Gasteiger partial charge in [-0.2, -0.15) is 0 Å². The summed E-state index contributed by atoms with van der Waals surface area (Å²) in [5.74, 6) is 0.624. The van der Waals surface area contributed by atoms with Crippen molar-refractivity contribution in [1.82, 2.24) is 4.72 Å². The molecule has 0 aliphatic heterocycles. The van der Waals surface area contributed by atoms with Gasteiger partial charge in [0.05, 0.1) is 11.9 Å². The van der Waals surface area contributed by atoms with Crippen LogP contribution in [0.4, 0.5) is 5.69 Å². The van der Waals surface area contributed by atoms with E-state index in [9.17, 15) is 8.42 Å². The van der Waals surface area contributed by atoms with Crippen LogP contribution in [0.2, 0.25) is 0 Å². The summed E-state index contributed by atoms with van der Waals surface area (Å²) in [4.78, 5) is 1.02. The molecule has 2 rings (SSSR count). The number of rotatable bonds is 7. The predicted octanol–water partition coefficient (Wildman–Crippen LogP) is 1.85. The third-order valence-electron chi connectivity index (χ3n) is 3.59. The number of benzene rings is 1. The van der Waals surface area contributed by atoms with Crippen LogP contribution < -0.4 is 10.5 Å². The first-order valence-corrected chi connectivity index (χ1v) is 9.65. The third-order valence-corrected chi connectivity index (χ3v) is 6.26. The van der Waals surface area contributed by atoms with Gasteiger partial charge in [0.1, 0.15) is 0 Å². The third kappa shape index (κ3) is 5.18. The molecule has 0 radical (unpaired) electrons. The van der Waals surface area contributed by atoms with E-state index in [1.165, 1.54) is 11.8 Å². The lowest BCUT2D eigenvalue weighted by molar-refractivity contribution is 0.0916. The van der Waals surface area contributed by atoms with Crippen LogP contribution in [0.25, 0.3) is 0 Å². The first-order valence-electron chi connectivity index (χ1n) is 7.01. The molecule has 0 saturated heterocycles. The lowest BCUT2D eigenvalue weighted by atomic mass is 10.2. The number of sulfonamides is 1. The van der Waals surface area contributed by atoms with E-state index in [0.29, 0.717) is 11.4 Å². The number of hydrogen-bond acceptors (Lipinski definition) is 5. The maximum Gasteiger partial charge on any atom is 0.212 e. The van der Waals surface area contributed by atoms with Gasteiger partial charge in [-0.3, -0.25) is 0 Å². The minimum Gasteiger partial charge on any atom is -0.399 e. The maximum atomic E-state index is 12.1. The van der Waals surface area contributed by atoms with E-state index < -0.39 is 10.0 Å². The van der Waals surface area contributed by atoms with Crippen LogP contribution in [0.3, 0.4) is 0 Å². The molecule has 0 spiro atoms. The van der Waals surface area contributed by atoms with Crippen LogP contribution in [0.15, 0.2) is 29.2 Å². The molecule has 1 aromatic carbocycles. The topological polar surface area (TPSA) is 81.4 Å². The van der Waals surface area contributed by atoms with Gasteiger partial charge in [0.15, 0.2) is 0 Å². The van der Waals surface area contributed by atoms with Crippen LogP contribution in [-0.2, 0) is 14.8 Å². The molecule has 1 saturated carbocycles. The summed E-state index contributed by atoms with van der Waals surface area (Å²) in [5.41, 5.74) is 6.32. The number of nitrogens with one attached hydrogen (secondary N) is 1.